The molecule has 1 aromatic rings. The molecule has 2 N–H and O–H groups in total. The van der Waals surface area contributed by atoms with Gasteiger partial charge in [-0.05, 0) is 57.5 Å². The molecule has 2 heterocycles. The number of nitrogens with two attached hydrogens (primary N) is 1. The van der Waals surface area contributed by atoms with Crippen molar-refractivity contribution in [2.45, 2.75) is 50.7 Å². The first-order valence-corrected chi connectivity index (χ1v) is 7.99. The van der Waals surface area contributed by atoms with E-state index in [2.05, 4.69) is 22.8 Å². The highest BCUT2D eigenvalue weighted by atomic mass is 16.3. The van der Waals surface area contributed by atoms with E-state index in [9.17, 15) is 0 Å². The zero-order chi connectivity index (χ0) is 14.0. The van der Waals surface area contributed by atoms with E-state index in [0.29, 0.717) is 0 Å². The summed E-state index contributed by atoms with van der Waals surface area (Å²) >= 11 is 0. The molecule has 0 unspecified atom stereocenters. The molecule has 0 atom stereocenters. The van der Waals surface area contributed by atoms with Gasteiger partial charge in [0.15, 0.2) is 0 Å². The predicted molar refractivity (Wildman–Crippen MR) is 80.4 cm³/mol. The van der Waals surface area contributed by atoms with Gasteiger partial charge in [-0.25, -0.2) is 0 Å². The maximum atomic E-state index is 6.23. The Kier molecular flexibility index (Phi) is 4.15. The molecule has 1 saturated carbocycles. The van der Waals surface area contributed by atoms with Gasteiger partial charge in [0.2, 0.25) is 0 Å². The molecule has 3 rings (SSSR count). The molecule has 2 aliphatic rings. The third-order valence-corrected chi connectivity index (χ3v) is 5.12. The Hall–Kier alpha value is -0.840. The van der Waals surface area contributed by atoms with Crippen LogP contribution in [0.25, 0.3) is 0 Å². The van der Waals surface area contributed by atoms with Crippen LogP contribution in [0.3, 0.4) is 0 Å². The topological polar surface area (TPSA) is 45.6 Å². The van der Waals surface area contributed by atoms with Crippen LogP contribution in [0.4, 0.5) is 0 Å². The lowest BCUT2D eigenvalue weighted by atomic mass is 9.85. The number of rotatable bonds is 6. The summed E-state index contributed by atoms with van der Waals surface area (Å²) in [6.07, 6.45) is 6.79. The Labute approximate surface area is 121 Å². The second-order valence-electron chi connectivity index (χ2n) is 6.30. The maximum absolute atomic E-state index is 6.23. The summed E-state index contributed by atoms with van der Waals surface area (Å²) < 4.78 is 5.57. The van der Waals surface area contributed by atoms with Crippen LogP contribution < -0.4 is 5.73 Å². The quantitative estimate of drug-likeness (QED) is 0.864. The summed E-state index contributed by atoms with van der Waals surface area (Å²) in [5.74, 6) is 1.07. The molecule has 4 nitrogen and oxygen atoms in total. The van der Waals surface area contributed by atoms with Gasteiger partial charge in [-0.3, -0.25) is 4.90 Å². The Morgan fingerprint density at radius 3 is 2.65 bits per heavy atom. The van der Waals surface area contributed by atoms with E-state index >= 15 is 0 Å². The zero-order valence-corrected chi connectivity index (χ0v) is 12.6. The molecule has 1 aromatic heterocycles. The monoisotopic (exact) mass is 277 g/mol. The Morgan fingerprint density at radius 2 is 2.15 bits per heavy atom. The van der Waals surface area contributed by atoms with Crippen LogP contribution in [0, 0.1) is 0 Å². The lowest BCUT2D eigenvalue weighted by molar-refractivity contribution is 0.0115. The average molecular weight is 277 g/mol. The molecule has 1 aliphatic heterocycles. The fourth-order valence-corrected chi connectivity index (χ4v) is 3.53. The molecule has 112 valence electrons. The number of furan rings is 1. The minimum atomic E-state index is 0.180. The largest absolute Gasteiger partial charge is 0.468 e. The minimum Gasteiger partial charge on any atom is -0.468 e. The van der Waals surface area contributed by atoms with Crippen molar-refractivity contribution in [2.75, 3.05) is 26.2 Å². The van der Waals surface area contributed by atoms with Crippen LogP contribution in [0.1, 0.15) is 38.4 Å². The van der Waals surface area contributed by atoms with Crippen LogP contribution in [0.5, 0.6) is 0 Å². The van der Waals surface area contributed by atoms with Gasteiger partial charge in [-0.2, -0.15) is 0 Å². The molecule has 0 spiro atoms. The second-order valence-corrected chi connectivity index (χ2v) is 6.30. The second kappa shape index (κ2) is 5.88. The van der Waals surface area contributed by atoms with Gasteiger partial charge < -0.3 is 15.1 Å². The SMILES string of the molecule is CCN1CCC(CN)(N(Cc2ccco2)C2CC2)CC1. The summed E-state index contributed by atoms with van der Waals surface area (Å²) in [4.78, 5) is 5.19. The summed E-state index contributed by atoms with van der Waals surface area (Å²) in [6.45, 7) is 7.44. The molecule has 20 heavy (non-hydrogen) atoms. The molecule has 2 fully saturated rings. The van der Waals surface area contributed by atoms with Crippen LogP contribution in [0.2, 0.25) is 0 Å². The van der Waals surface area contributed by atoms with Crippen molar-refractivity contribution in [3.05, 3.63) is 24.2 Å². The van der Waals surface area contributed by atoms with Crippen molar-refractivity contribution < 1.29 is 4.42 Å². The molecule has 1 saturated heterocycles. The van der Waals surface area contributed by atoms with Crippen LogP contribution in [-0.4, -0.2) is 47.6 Å². The number of likely N-dealkylation sites (tertiary alicyclic amines) is 1. The number of nitrogens with zero attached hydrogens (tertiary/aromatic N) is 2. The van der Waals surface area contributed by atoms with Gasteiger partial charge in [-0.15, -0.1) is 0 Å². The molecule has 0 radical (unpaired) electrons. The normalized spacial score (nSPS) is 23.4. The van der Waals surface area contributed by atoms with Crippen molar-refractivity contribution in [3.8, 4) is 0 Å². The predicted octanol–water partition coefficient (Wildman–Crippen LogP) is 2.06. The third kappa shape index (κ3) is 2.78. The number of hydrogen-bond donors (Lipinski definition) is 1. The van der Waals surface area contributed by atoms with E-state index in [1.807, 2.05) is 6.07 Å². The summed E-state index contributed by atoms with van der Waals surface area (Å²) in [5, 5.41) is 0. The lowest BCUT2D eigenvalue weighted by Gasteiger charge is -2.48. The first-order valence-electron chi connectivity index (χ1n) is 7.99. The van der Waals surface area contributed by atoms with Crippen LogP contribution >= 0.6 is 0 Å². The minimum absolute atomic E-state index is 0.180. The first-order chi connectivity index (χ1) is 9.77. The van der Waals surface area contributed by atoms with E-state index in [4.69, 9.17) is 10.2 Å². The third-order valence-electron chi connectivity index (χ3n) is 5.12. The van der Waals surface area contributed by atoms with Gasteiger partial charge >= 0.3 is 0 Å². The van der Waals surface area contributed by atoms with Crippen molar-refractivity contribution >= 4 is 0 Å². The van der Waals surface area contributed by atoms with Gasteiger partial charge in [0, 0.05) is 18.1 Å². The smallest absolute Gasteiger partial charge is 0.117 e. The number of piperidine rings is 1. The molecule has 0 amide bonds. The first kappa shape index (κ1) is 14.1. The van der Waals surface area contributed by atoms with E-state index < -0.39 is 0 Å². The van der Waals surface area contributed by atoms with Crippen molar-refractivity contribution in [2.24, 2.45) is 5.73 Å². The van der Waals surface area contributed by atoms with Gasteiger partial charge in [-0.1, -0.05) is 6.92 Å². The van der Waals surface area contributed by atoms with Gasteiger partial charge in [0.05, 0.1) is 12.8 Å². The highest BCUT2D eigenvalue weighted by Crippen LogP contribution is 2.39. The summed E-state index contributed by atoms with van der Waals surface area (Å²) in [6, 6.07) is 4.78. The van der Waals surface area contributed by atoms with Crippen LogP contribution in [0.15, 0.2) is 22.8 Å². The standard InChI is InChI=1S/C16H27N3O/c1-2-18-9-7-16(13-17,8-10-18)19(14-5-6-14)12-15-4-3-11-20-15/h3-4,11,14H,2,5-10,12-13,17H2,1H3. The number of hydrogen-bond acceptors (Lipinski definition) is 4. The molecular formula is C16H27N3O. The Morgan fingerprint density at radius 1 is 1.40 bits per heavy atom. The zero-order valence-electron chi connectivity index (χ0n) is 12.6. The molecule has 4 heteroatoms. The van der Waals surface area contributed by atoms with Crippen LogP contribution in [-0.2, 0) is 6.54 Å². The summed E-state index contributed by atoms with van der Waals surface area (Å²) in [5.41, 5.74) is 6.41. The van der Waals surface area contributed by atoms with Crippen molar-refractivity contribution in [1.82, 2.24) is 9.80 Å². The fourth-order valence-electron chi connectivity index (χ4n) is 3.53. The molecule has 0 bridgehead atoms. The fraction of sp³-hybridized carbons (Fsp3) is 0.750. The van der Waals surface area contributed by atoms with Gasteiger partial charge in [0.25, 0.3) is 0 Å². The highest BCUT2D eigenvalue weighted by Gasteiger charge is 2.45. The Bertz CT molecular complexity index is 405. The lowest BCUT2D eigenvalue weighted by Crippen LogP contribution is -2.59. The molecular weight excluding hydrogens is 250 g/mol. The molecule has 1 aliphatic carbocycles. The average Bonchev–Trinajstić information content (AvgIpc) is 3.21. The van der Waals surface area contributed by atoms with Crippen molar-refractivity contribution in [1.29, 1.82) is 0 Å². The van der Waals surface area contributed by atoms with E-state index in [0.717, 1.165) is 31.4 Å². The van der Waals surface area contributed by atoms with Gasteiger partial charge in [0.1, 0.15) is 5.76 Å². The molecule has 0 aromatic carbocycles. The van der Waals surface area contributed by atoms with Crippen molar-refractivity contribution in [3.63, 3.8) is 0 Å². The maximum Gasteiger partial charge on any atom is 0.117 e. The van der Waals surface area contributed by atoms with E-state index in [1.165, 1.54) is 38.8 Å². The summed E-state index contributed by atoms with van der Waals surface area (Å²) in [7, 11) is 0. The highest BCUT2D eigenvalue weighted by molar-refractivity contribution is 5.06. The van der Waals surface area contributed by atoms with E-state index in [1.54, 1.807) is 6.26 Å². The van der Waals surface area contributed by atoms with E-state index in [-0.39, 0.29) is 5.54 Å². The Balaban J connectivity index is 1.74.